The molecule has 3 nitrogen and oxygen atoms in total. The zero-order valence-electron chi connectivity index (χ0n) is 11.7. The molecule has 108 valence electrons. The molecule has 0 spiro atoms. The molecule has 1 aliphatic rings. The lowest BCUT2D eigenvalue weighted by atomic mass is 9.92. The largest absolute Gasteiger partial charge is 0.483 e. The van der Waals surface area contributed by atoms with Crippen LogP contribution in [0.25, 0.3) is 5.57 Å². The second-order valence-corrected chi connectivity index (χ2v) is 6.11. The number of ether oxygens (including phenoxy) is 1. The smallest absolute Gasteiger partial charge is 0.130 e. The predicted molar refractivity (Wildman–Crippen MR) is 90.1 cm³/mol. The first kappa shape index (κ1) is 14.3. The maximum absolute atomic E-state index is 6.03. The van der Waals surface area contributed by atoms with Gasteiger partial charge < -0.3 is 9.46 Å². The van der Waals surface area contributed by atoms with E-state index in [-0.39, 0.29) is 0 Å². The maximum atomic E-state index is 6.03. The molecule has 0 unspecified atom stereocenters. The minimum atomic E-state index is -0.404. The van der Waals surface area contributed by atoms with Gasteiger partial charge in [0, 0.05) is 29.1 Å². The lowest BCUT2D eigenvalue weighted by molar-refractivity contribution is 0.158. The summed E-state index contributed by atoms with van der Waals surface area (Å²) in [5, 5.41) is 0.625. The molecule has 0 fully saturated rings. The Morgan fingerprint density at radius 1 is 1.24 bits per heavy atom. The van der Waals surface area contributed by atoms with Crippen molar-refractivity contribution in [2.75, 3.05) is 4.72 Å². The molecule has 3 rings (SSSR count). The van der Waals surface area contributed by atoms with Gasteiger partial charge in [0.2, 0.25) is 0 Å². The summed E-state index contributed by atoms with van der Waals surface area (Å²) in [5.41, 5.74) is 3.42. The molecule has 0 aliphatic carbocycles. The maximum Gasteiger partial charge on any atom is 0.130 e. The summed E-state index contributed by atoms with van der Waals surface area (Å²) in [6, 6.07) is 9.66. The number of anilines is 1. The number of thiol groups is 1. The Kier molecular flexibility index (Phi) is 3.59. The third kappa shape index (κ3) is 2.87. The summed E-state index contributed by atoms with van der Waals surface area (Å²) < 4.78 is 8.86. The molecule has 0 radical (unpaired) electrons. The van der Waals surface area contributed by atoms with E-state index in [2.05, 4.69) is 28.6 Å². The van der Waals surface area contributed by atoms with Crippen LogP contribution in [-0.2, 0) is 0 Å². The summed E-state index contributed by atoms with van der Waals surface area (Å²) in [7, 11) is 0. The van der Waals surface area contributed by atoms with E-state index in [1.165, 1.54) is 0 Å². The highest BCUT2D eigenvalue weighted by atomic mass is 35.5. The van der Waals surface area contributed by atoms with Crippen LogP contribution in [0, 0.1) is 0 Å². The second kappa shape index (κ2) is 5.28. The van der Waals surface area contributed by atoms with Crippen molar-refractivity contribution in [2.45, 2.75) is 19.4 Å². The van der Waals surface area contributed by atoms with Gasteiger partial charge in [-0.25, -0.2) is 0 Å². The van der Waals surface area contributed by atoms with E-state index in [9.17, 15) is 0 Å². The first-order valence-electron chi connectivity index (χ1n) is 6.57. The van der Waals surface area contributed by atoms with Gasteiger partial charge in [-0.3, -0.25) is 4.98 Å². The topological polar surface area (TPSA) is 34.2 Å². The van der Waals surface area contributed by atoms with Crippen LogP contribution < -0.4 is 9.46 Å². The molecular formula is C16H15ClN2OS. The fraction of sp³-hybridized carbons (Fsp3) is 0.188. The SMILES string of the molecule is CC1(C)C=C(c2ccc(Cl)cn2)c2ccc(NS)cc2O1. The Labute approximate surface area is 134 Å². The van der Waals surface area contributed by atoms with Crippen molar-refractivity contribution >= 4 is 35.7 Å². The zero-order valence-corrected chi connectivity index (χ0v) is 13.4. The van der Waals surface area contributed by atoms with Gasteiger partial charge in [-0.2, -0.15) is 0 Å². The van der Waals surface area contributed by atoms with Crippen LogP contribution in [0.15, 0.2) is 42.6 Å². The second-order valence-electron chi connectivity index (χ2n) is 5.45. The van der Waals surface area contributed by atoms with Gasteiger partial charge in [0.1, 0.15) is 11.4 Å². The Balaban J connectivity index is 2.15. The van der Waals surface area contributed by atoms with Gasteiger partial charge in [0.15, 0.2) is 0 Å². The van der Waals surface area contributed by atoms with E-state index in [4.69, 9.17) is 16.3 Å². The van der Waals surface area contributed by atoms with Gasteiger partial charge in [-0.05, 0) is 44.2 Å². The molecule has 1 aliphatic heterocycles. The lowest BCUT2D eigenvalue weighted by Crippen LogP contribution is -2.29. The number of hydrogen-bond acceptors (Lipinski definition) is 4. The van der Waals surface area contributed by atoms with Gasteiger partial charge in [-0.15, -0.1) is 0 Å². The molecule has 0 bridgehead atoms. The van der Waals surface area contributed by atoms with Crippen LogP contribution in [0.5, 0.6) is 5.75 Å². The van der Waals surface area contributed by atoms with Crippen LogP contribution in [-0.4, -0.2) is 10.6 Å². The van der Waals surface area contributed by atoms with Crippen LogP contribution in [0.4, 0.5) is 5.69 Å². The Morgan fingerprint density at radius 3 is 2.71 bits per heavy atom. The van der Waals surface area contributed by atoms with Crippen molar-refractivity contribution in [2.24, 2.45) is 0 Å². The minimum absolute atomic E-state index is 0.404. The number of nitrogens with zero attached hydrogens (tertiary/aromatic N) is 1. The first-order valence-corrected chi connectivity index (χ1v) is 7.39. The third-order valence-electron chi connectivity index (χ3n) is 3.27. The van der Waals surface area contributed by atoms with Crippen molar-refractivity contribution in [1.29, 1.82) is 0 Å². The van der Waals surface area contributed by atoms with Crippen LogP contribution in [0.2, 0.25) is 5.02 Å². The molecule has 2 aromatic rings. The van der Waals surface area contributed by atoms with Crippen molar-refractivity contribution in [1.82, 2.24) is 4.98 Å². The number of rotatable bonds is 2. The Bertz CT molecular complexity index is 711. The molecule has 0 saturated carbocycles. The monoisotopic (exact) mass is 318 g/mol. The third-order valence-corrected chi connectivity index (χ3v) is 3.75. The van der Waals surface area contributed by atoms with E-state index in [1.54, 1.807) is 6.20 Å². The lowest BCUT2D eigenvalue weighted by Gasteiger charge is -2.31. The van der Waals surface area contributed by atoms with Gasteiger partial charge in [-0.1, -0.05) is 24.4 Å². The summed E-state index contributed by atoms with van der Waals surface area (Å²) >= 11 is 10.0. The highest BCUT2D eigenvalue weighted by molar-refractivity contribution is 7.81. The molecule has 0 amide bonds. The zero-order chi connectivity index (χ0) is 15.0. The van der Waals surface area contributed by atoms with E-state index in [0.29, 0.717) is 5.02 Å². The number of benzene rings is 1. The molecular weight excluding hydrogens is 304 g/mol. The van der Waals surface area contributed by atoms with Crippen molar-refractivity contribution in [3.05, 3.63) is 58.9 Å². The highest BCUT2D eigenvalue weighted by Crippen LogP contribution is 2.40. The fourth-order valence-electron chi connectivity index (χ4n) is 2.38. The van der Waals surface area contributed by atoms with Gasteiger partial charge in [0.05, 0.1) is 10.7 Å². The minimum Gasteiger partial charge on any atom is -0.483 e. The number of nitrogens with one attached hydrogen (secondary N) is 1. The first-order chi connectivity index (χ1) is 9.98. The van der Waals surface area contributed by atoms with Gasteiger partial charge >= 0.3 is 0 Å². The normalized spacial score (nSPS) is 15.7. The fourth-order valence-corrected chi connectivity index (χ4v) is 2.63. The Morgan fingerprint density at radius 2 is 2.05 bits per heavy atom. The molecule has 0 atom stereocenters. The quantitative estimate of drug-likeness (QED) is 0.794. The van der Waals surface area contributed by atoms with Crippen LogP contribution in [0.1, 0.15) is 25.1 Å². The number of hydrogen-bond donors (Lipinski definition) is 2. The standard InChI is InChI=1S/C16H15ClN2OS/c1-16(2)8-13(14-6-3-10(17)9-18-14)12-5-4-11(19-21)7-15(12)20-16/h3-9,19,21H,1-2H3. The summed E-state index contributed by atoms with van der Waals surface area (Å²) in [6.07, 6.45) is 3.74. The molecule has 1 N–H and O–H groups in total. The highest BCUT2D eigenvalue weighted by Gasteiger charge is 2.27. The summed E-state index contributed by atoms with van der Waals surface area (Å²) in [5.74, 6) is 0.813. The van der Waals surface area contributed by atoms with E-state index < -0.39 is 5.60 Å². The molecule has 1 aromatic heterocycles. The predicted octanol–water partition coefficient (Wildman–Crippen LogP) is 4.59. The Hall–Kier alpha value is -1.65. The van der Waals surface area contributed by atoms with E-state index in [1.807, 2.05) is 44.2 Å². The molecule has 1 aromatic carbocycles. The average molecular weight is 319 g/mol. The number of halogens is 1. The molecule has 0 saturated heterocycles. The van der Waals surface area contributed by atoms with Crippen LogP contribution in [0.3, 0.4) is 0 Å². The van der Waals surface area contributed by atoms with Gasteiger partial charge in [0.25, 0.3) is 0 Å². The molecule has 2 heterocycles. The molecule has 21 heavy (non-hydrogen) atoms. The van der Waals surface area contributed by atoms with Crippen molar-refractivity contribution in [3.8, 4) is 5.75 Å². The average Bonchev–Trinajstić information content (AvgIpc) is 2.45. The number of pyridine rings is 1. The summed E-state index contributed by atoms with van der Waals surface area (Å²) in [4.78, 5) is 4.42. The molecule has 5 heteroatoms. The number of fused-ring (bicyclic) bond motifs is 1. The van der Waals surface area contributed by atoms with Crippen LogP contribution >= 0.6 is 24.4 Å². The van der Waals surface area contributed by atoms with Crippen molar-refractivity contribution < 1.29 is 4.74 Å². The summed E-state index contributed by atoms with van der Waals surface area (Å²) in [6.45, 7) is 4.04. The number of aromatic nitrogens is 1. The van der Waals surface area contributed by atoms with E-state index >= 15 is 0 Å². The van der Waals surface area contributed by atoms with E-state index in [0.717, 1.165) is 28.3 Å². The van der Waals surface area contributed by atoms with Crippen molar-refractivity contribution in [3.63, 3.8) is 0 Å².